The highest BCUT2D eigenvalue weighted by Crippen LogP contribution is 2.26. The number of halogens is 1. The number of rotatable bonds is 7. The molecule has 0 saturated carbocycles. The van der Waals surface area contributed by atoms with Gasteiger partial charge in [-0.2, -0.15) is 0 Å². The molecule has 0 aliphatic rings. The van der Waals surface area contributed by atoms with Crippen molar-refractivity contribution in [3.63, 3.8) is 0 Å². The van der Waals surface area contributed by atoms with Crippen LogP contribution in [0.2, 0.25) is 0 Å². The molecule has 0 bridgehead atoms. The van der Waals surface area contributed by atoms with E-state index in [4.69, 9.17) is 4.74 Å². The SMILES string of the molecule is CCCc1nnc(NC(=O)CCc2ccc(OC)c(Br)c2)s1. The van der Waals surface area contributed by atoms with Crippen molar-refractivity contribution in [2.24, 2.45) is 0 Å². The minimum atomic E-state index is -0.0499. The molecule has 0 saturated heterocycles. The number of carbonyl (C=O) groups excluding carboxylic acids is 1. The Labute approximate surface area is 142 Å². The van der Waals surface area contributed by atoms with Gasteiger partial charge in [-0.1, -0.05) is 24.3 Å². The number of ether oxygens (including phenoxy) is 1. The smallest absolute Gasteiger partial charge is 0.226 e. The molecule has 1 aromatic carbocycles. The summed E-state index contributed by atoms with van der Waals surface area (Å²) in [6, 6.07) is 5.82. The second-order valence-electron chi connectivity index (χ2n) is 4.77. The van der Waals surface area contributed by atoms with Crippen LogP contribution in [-0.2, 0) is 17.6 Å². The molecular formula is C15H18BrN3O2S. The van der Waals surface area contributed by atoms with Crippen LogP contribution in [0, 0.1) is 0 Å². The Balaban J connectivity index is 1.85. The minimum Gasteiger partial charge on any atom is -0.496 e. The van der Waals surface area contributed by atoms with E-state index in [1.165, 1.54) is 11.3 Å². The van der Waals surface area contributed by atoms with Gasteiger partial charge in [0.15, 0.2) is 0 Å². The summed E-state index contributed by atoms with van der Waals surface area (Å²) in [5.74, 6) is 0.733. The number of nitrogens with zero attached hydrogens (tertiary/aromatic N) is 2. The van der Waals surface area contributed by atoms with Crippen LogP contribution in [-0.4, -0.2) is 23.2 Å². The van der Waals surface area contributed by atoms with Gasteiger partial charge in [0.1, 0.15) is 10.8 Å². The fourth-order valence-electron chi connectivity index (χ4n) is 1.92. The number of benzene rings is 1. The van der Waals surface area contributed by atoms with Crippen molar-refractivity contribution in [3.05, 3.63) is 33.2 Å². The largest absolute Gasteiger partial charge is 0.496 e. The molecule has 0 atom stereocenters. The molecule has 22 heavy (non-hydrogen) atoms. The number of hydrogen-bond donors (Lipinski definition) is 1. The number of hydrogen-bond acceptors (Lipinski definition) is 5. The van der Waals surface area contributed by atoms with Crippen molar-refractivity contribution in [2.75, 3.05) is 12.4 Å². The van der Waals surface area contributed by atoms with Gasteiger partial charge in [0.2, 0.25) is 11.0 Å². The van der Waals surface area contributed by atoms with Gasteiger partial charge in [-0.05, 0) is 46.5 Å². The van der Waals surface area contributed by atoms with Crippen molar-refractivity contribution >= 4 is 38.3 Å². The first-order chi connectivity index (χ1) is 10.6. The van der Waals surface area contributed by atoms with E-state index >= 15 is 0 Å². The molecule has 1 N–H and O–H groups in total. The Morgan fingerprint density at radius 3 is 2.86 bits per heavy atom. The Morgan fingerprint density at radius 1 is 1.36 bits per heavy atom. The highest BCUT2D eigenvalue weighted by Gasteiger charge is 2.09. The monoisotopic (exact) mass is 383 g/mol. The van der Waals surface area contributed by atoms with E-state index in [0.29, 0.717) is 18.0 Å². The molecule has 0 fully saturated rings. The predicted octanol–water partition coefficient (Wildman–Crippen LogP) is 3.83. The van der Waals surface area contributed by atoms with E-state index in [2.05, 4.69) is 38.4 Å². The lowest BCUT2D eigenvalue weighted by atomic mass is 10.1. The highest BCUT2D eigenvalue weighted by atomic mass is 79.9. The van der Waals surface area contributed by atoms with Crippen LogP contribution in [0.5, 0.6) is 5.75 Å². The molecule has 2 rings (SSSR count). The van der Waals surface area contributed by atoms with E-state index < -0.39 is 0 Å². The number of amides is 1. The van der Waals surface area contributed by atoms with Crippen LogP contribution in [0.15, 0.2) is 22.7 Å². The molecule has 5 nitrogen and oxygen atoms in total. The first kappa shape index (κ1) is 16.9. The molecule has 0 aliphatic heterocycles. The minimum absolute atomic E-state index is 0.0499. The third kappa shape index (κ3) is 4.78. The van der Waals surface area contributed by atoms with E-state index in [-0.39, 0.29) is 5.91 Å². The molecule has 1 amide bonds. The number of methoxy groups -OCH3 is 1. The molecular weight excluding hydrogens is 366 g/mol. The number of aryl methyl sites for hydroxylation is 2. The first-order valence-corrected chi connectivity index (χ1v) is 8.68. The van der Waals surface area contributed by atoms with Crippen molar-refractivity contribution in [1.29, 1.82) is 0 Å². The zero-order chi connectivity index (χ0) is 15.9. The summed E-state index contributed by atoms with van der Waals surface area (Å²) in [6.07, 6.45) is 2.98. The third-order valence-electron chi connectivity index (χ3n) is 3.03. The molecule has 7 heteroatoms. The molecule has 1 heterocycles. The summed E-state index contributed by atoms with van der Waals surface area (Å²) in [5.41, 5.74) is 1.08. The maximum atomic E-state index is 12.0. The van der Waals surface area contributed by atoms with Gasteiger partial charge in [0.05, 0.1) is 11.6 Å². The summed E-state index contributed by atoms with van der Waals surface area (Å²) in [5, 5.41) is 12.3. The summed E-state index contributed by atoms with van der Waals surface area (Å²) < 4.78 is 6.08. The van der Waals surface area contributed by atoms with Crippen molar-refractivity contribution in [3.8, 4) is 5.75 Å². The topological polar surface area (TPSA) is 64.1 Å². The molecule has 0 radical (unpaired) electrons. The Bertz CT molecular complexity index is 645. The van der Waals surface area contributed by atoms with E-state index in [1.54, 1.807) is 7.11 Å². The van der Waals surface area contributed by atoms with Gasteiger partial charge >= 0.3 is 0 Å². The zero-order valence-corrected chi connectivity index (χ0v) is 15.0. The average molecular weight is 384 g/mol. The van der Waals surface area contributed by atoms with E-state index in [0.717, 1.165) is 33.6 Å². The lowest BCUT2D eigenvalue weighted by Gasteiger charge is -2.06. The van der Waals surface area contributed by atoms with Gasteiger partial charge in [0, 0.05) is 12.8 Å². The van der Waals surface area contributed by atoms with Crippen LogP contribution in [0.4, 0.5) is 5.13 Å². The summed E-state index contributed by atoms with van der Waals surface area (Å²) >= 11 is 4.88. The highest BCUT2D eigenvalue weighted by molar-refractivity contribution is 9.10. The fraction of sp³-hybridized carbons (Fsp3) is 0.400. The van der Waals surface area contributed by atoms with Gasteiger partial charge in [-0.15, -0.1) is 10.2 Å². The molecule has 0 spiro atoms. The van der Waals surface area contributed by atoms with Crippen molar-refractivity contribution < 1.29 is 9.53 Å². The quantitative estimate of drug-likeness (QED) is 0.788. The van der Waals surface area contributed by atoms with Crippen molar-refractivity contribution in [1.82, 2.24) is 10.2 Å². The lowest BCUT2D eigenvalue weighted by Crippen LogP contribution is -2.12. The van der Waals surface area contributed by atoms with Gasteiger partial charge in [-0.25, -0.2) is 0 Å². The summed E-state index contributed by atoms with van der Waals surface area (Å²) in [7, 11) is 1.63. The van der Waals surface area contributed by atoms with Crippen LogP contribution >= 0.6 is 27.3 Å². The Hall–Kier alpha value is -1.47. The molecule has 1 aromatic heterocycles. The lowest BCUT2D eigenvalue weighted by molar-refractivity contribution is -0.116. The maximum absolute atomic E-state index is 12.0. The third-order valence-corrected chi connectivity index (χ3v) is 4.55. The molecule has 0 unspecified atom stereocenters. The second kappa shape index (κ2) is 8.24. The van der Waals surface area contributed by atoms with Crippen LogP contribution in [0.1, 0.15) is 30.3 Å². The molecule has 2 aromatic rings. The fourth-order valence-corrected chi connectivity index (χ4v) is 3.37. The zero-order valence-electron chi connectivity index (χ0n) is 12.6. The van der Waals surface area contributed by atoms with Crippen LogP contribution < -0.4 is 10.1 Å². The van der Waals surface area contributed by atoms with Gasteiger partial charge in [-0.3, -0.25) is 4.79 Å². The van der Waals surface area contributed by atoms with Crippen LogP contribution in [0.3, 0.4) is 0 Å². The second-order valence-corrected chi connectivity index (χ2v) is 6.68. The van der Waals surface area contributed by atoms with E-state index in [1.807, 2.05) is 18.2 Å². The number of carbonyl (C=O) groups is 1. The summed E-state index contributed by atoms with van der Waals surface area (Å²) in [6.45, 7) is 2.09. The Kier molecular flexibility index (Phi) is 6.33. The van der Waals surface area contributed by atoms with E-state index in [9.17, 15) is 4.79 Å². The van der Waals surface area contributed by atoms with Gasteiger partial charge < -0.3 is 10.1 Å². The number of anilines is 1. The predicted molar refractivity (Wildman–Crippen MR) is 91.5 cm³/mol. The first-order valence-electron chi connectivity index (χ1n) is 7.07. The Morgan fingerprint density at radius 2 is 2.18 bits per heavy atom. The molecule has 0 aliphatic carbocycles. The maximum Gasteiger partial charge on any atom is 0.226 e. The number of aromatic nitrogens is 2. The summed E-state index contributed by atoms with van der Waals surface area (Å²) in [4.78, 5) is 12.0. The van der Waals surface area contributed by atoms with Crippen molar-refractivity contribution in [2.45, 2.75) is 32.6 Å². The average Bonchev–Trinajstić information content (AvgIpc) is 2.93. The molecule has 118 valence electrons. The van der Waals surface area contributed by atoms with Gasteiger partial charge in [0.25, 0.3) is 0 Å². The van der Waals surface area contributed by atoms with Crippen LogP contribution in [0.25, 0.3) is 0 Å². The standard InChI is InChI=1S/C15H18BrN3O2S/c1-3-4-14-18-19-15(22-14)17-13(20)8-6-10-5-7-12(21-2)11(16)9-10/h5,7,9H,3-4,6,8H2,1-2H3,(H,17,19,20). The normalized spacial score (nSPS) is 10.5. The number of nitrogens with one attached hydrogen (secondary N) is 1.